The van der Waals surface area contributed by atoms with Crippen LogP contribution in [0.5, 0.6) is 0 Å². The minimum absolute atomic E-state index is 0.475. The van der Waals surface area contributed by atoms with Crippen LogP contribution >= 0.6 is 11.3 Å². The van der Waals surface area contributed by atoms with Crippen LogP contribution in [-0.4, -0.2) is 17.6 Å². The number of hydrogen-bond acceptors (Lipinski definition) is 3. The van der Waals surface area contributed by atoms with E-state index in [0.29, 0.717) is 11.5 Å². The number of likely N-dealkylation sites (N-methyl/N-ethyl adjacent to an activating group) is 1. The third-order valence-corrected chi connectivity index (χ3v) is 5.22. The topological polar surface area (TPSA) is 24.9 Å². The lowest BCUT2D eigenvalue weighted by Crippen LogP contribution is -2.46. The first-order chi connectivity index (χ1) is 8.63. The molecule has 0 aliphatic heterocycles. The second-order valence-electron chi connectivity index (χ2n) is 6.13. The van der Waals surface area contributed by atoms with Crippen LogP contribution < -0.4 is 5.32 Å². The molecule has 2 nitrogen and oxygen atoms in total. The molecule has 0 spiro atoms. The molecule has 102 valence electrons. The number of hydrogen-bond donors (Lipinski definition) is 1. The van der Waals surface area contributed by atoms with E-state index < -0.39 is 0 Å². The number of rotatable bonds is 5. The largest absolute Gasteiger partial charge is 0.314 e. The van der Waals surface area contributed by atoms with Gasteiger partial charge >= 0.3 is 0 Å². The zero-order valence-corrected chi connectivity index (χ0v) is 12.7. The van der Waals surface area contributed by atoms with E-state index in [1.807, 2.05) is 6.20 Å². The maximum Gasteiger partial charge on any atom is 0.0940 e. The fourth-order valence-electron chi connectivity index (χ4n) is 3.43. The van der Waals surface area contributed by atoms with E-state index in [2.05, 4.69) is 36.5 Å². The molecule has 2 rings (SSSR count). The van der Waals surface area contributed by atoms with Gasteiger partial charge in [-0.05, 0) is 30.7 Å². The molecule has 0 aromatic carbocycles. The van der Waals surface area contributed by atoms with Gasteiger partial charge in [0.2, 0.25) is 0 Å². The molecule has 0 bridgehead atoms. The van der Waals surface area contributed by atoms with Crippen molar-refractivity contribution in [3.63, 3.8) is 0 Å². The van der Waals surface area contributed by atoms with Crippen molar-refractivity contribution in [2.45, 2.75) is 58.9 Å². The predicted octanol–water partition coefficient (Wildman–Crippen LogP) is 3.88. The number of nitrogens with one attached hydrogen (secondary N) is 1. The summed E-state index contributed by atoms with van der Waals surface area (Å²) in [5.41, 5.74) is 0.475. The van der Waals surface area contributed by atoms with Crippen LogP contribution in [0.3, 0.4) is 0 Å². The molecule has 1 aromatic heterocycles. The van der Waals surface area contributed by atoms with Crippen LogP contribution in [-0.2, 0) is 6.42 Å². The summed E-state index contributed by atoms with van der Waals surface area (Å²) < 4.78 is 0. The standard InChI is InChI=1S/C15H26N2S/c1-4-16-13(11-14-17-9-10-18-14)12-7-5-6-8-15(12,2)3/h9-10,12-13,16H,4-8,11H2,1-3H3. The molecule has 1 saturated carbocycles. The molecule has 0 amide bonds. The normalized spacial score (nSPS) is 24.9. The smallest absolute Gasteiger partial charge is 0.0940 e. The molecule has 1 N–H and O–H groups in total. The first-order valence-electron chi connectivity index (χ1n) is 7.25. The molecule has 3 heteroatoms. The van der Waals surface area contributed by atoms with E-state index >= 15 is 0 Å². The Morgan fingerprint density at radius 3 is 2.94 bits per heavy atom. The van der Waals surface area contributed by atoms with Gasteiger partial charge < -0.3 is 5.32 Å². The van der Waals surface area contributed by atoms with Gasteiger partial charge in [-0.25, -0.2) is 4.98 Å². The molecule has 1 aromatic rings. The fourth-order valence-corrected chi connectivity index (χ4v) is 4.10. The highest BCUT2D eigenvalue weighted by atomic mass is 32.1. The summed E-state index contributed by atoms with van der Waals surface area (Å²) in [6, 6.07) is 0.594. The van der Waals surface area contributed by atoms with Crippen molar-refractivity contribution in [3.05, 3.63) is 16.6 Å². The predicted molar refractivity (Wildman–Crippen MR) is 79.0 cm³/mol. The summed E-state index contributed by atoms with van der Waals surface area (Å²) in [4.78, 5) is 4.46. The first kappa shape index (κ1) is 14.0. The lowest BCUT2D eigenvalue weighted by atomic mass is 9.65. The number of nitrogens with zero attached hydrogens (tertiary/aromatic N) is 1. The fraction of sp³-hybridized carbons (Fsp3) is 0.800. The summed E-state index contributed by atoms with van der Waals surface area (Å²) in [6.45, 7) is 8.17. The molecule has 0 radical (unpaired) electrons. The van der Waals surface area contributed by atoms with Crippen molar-refractivity contribution in [1.82, 2.24) is 10.3 Å². The number of thiazole rings is 1. The minimum Gasteiger partial charge on any atom is -0.314 e. The molecule has 18 heavy (non-hydrogen) atoms. The minimum atomic E-state index is 0.475. The lowest BCUT2D eigenvalue weighted by Gasteiger charge is -2.43. The molecule has 2 unspecified atom stereocenters. The highest BCUT2D eigenvalue weighted by molar-refractivity contribution is 7.09. The van der Waals surface area contributed by atoms with E-state index in [1.54, 1.807) is 11.3 Å². The van der Waals surface area contributed by atoms with E-state index in [0.717, 1.165) is 18.9 Å². The van der Waals surface area contributed by atoms with Crippen molar-refractivity contribution >= 4 is 11.3 Å². The summed E-state index contributed by atoms with van der Waals surface area (Å²) >= 11 is 1.79. The van der Waals surface area contributed by atoms with Crippen molar-refractivity contribution in [3.8, 4) is 0 Å². The van der Waals surface area contributed by atoms with Crippen LogP contribution in [0.4, 0.5) is 0 Å². The Morgan fingerprint density at radius 1 is 1.50 bits per heavy atom. The molecule has 1 aliphatic rings. The van der Waals surface area contributed by atoms with E-state index in [1.165, 1.54) is 30.7 Å². The molecular weight excluding hydrogens is 240 g/mol. The van der Waals surface area contributed by atoms with E-state index in [4.69, 9.17) is 0 Å². The second-order valence-corrected chi connectivity index (χ2v) is 7.11. The van der Waals surface area contributed by atoms with Gasteiger partial charge in [0.1, 0.15) is 0 Å². The van der Waals surface area contributed by atoms with Gasteiger partial charge in [0.15, 0.2) is 0 Å². The first-order valence-corrected chi connectivity index (χ1v) is 8.13. The second kappa shape index (κ2) is 6.16. The SMILES string of the molecule is CCNC(Cc1nccs1)C1CCCCC1(C)C. The average molecular weight is 266 g/mol. The monoisotopic (exact) mass is 266 g/mol. The van der Waals surface area contributed by atoms with Crippen LogP contribution in [0.15, 0.2) is 11.6 Å². The van der Waals surface area contributed by atoms with E-state index in [9.17, 15) is 0 Å². The summed E-state index contributed by atoms with van der Waals surface area (Å²) in [6.07, 6.45) is 8.57. The van der Waals surface area contributed by atoms with Gasteiger partial charge in [0, 0.05) is 24.0 Å². The molecule has 2 atom stereocenters. The van der Waals surface area contributed by atoms with Crippen LogP contribution in [0.25, 0.3) is 0 Å². The zero-order valence-electron chi connectivity index (χ0n) is 11.9. The molecule has 1 aliphatic carbocycles. The third kappa shape index (κ3) is 3.33. The maximum absolute atomic E-state index is 4.46. The van der Waals surface area contributed by atoms with Crippen LogP contribution in [0.1, 0.15) is 51.5 Å². The average Bonchev–Trinajstić information content (AvgIpc) is 2.81. The maximum atomic E-state index is 4.46. The van der Waals surface area contributed by atoms with Gasteiger partial charge in [-0.15, -0.1) is 11.3 Å². The highest BCUT2D eigenvalue weighted by Gasteiger charge is 2.37. The molecular formula is C15H26N2S. The summed E-state index contributed by atoms with van der Waals surface area (Å²) in [7, 11) is 0. The Labute approximate surface area is 115 Å². The van der Waals surface area contributed by atoms with Crippen molar-refractivity contribution < 1.29 is 0 Å². The highest BCUT2D eigenvalue weighted by Crippen LogP contribution is 2.43. The molecule has 1 heterocycles. The van der Waals surface area contributed by atoms with E-state index in [-0.39, 0.29) is 0 Å². The van der Waals surface area contributed by atoms with Crippen molar-refractivity contribution in [1.29, 1.82) is 0 Å². The summed E-state index contributed by atoms with van der Waals surface area (Å²) in [5.74, 6) is 0.787. The van der Waals surface area contributed by atoms with Gasteiger partial charge in [0.25, 0.3) is 0 Å². The van der Waals surface area contributed by atoms with Gasteiger partial charge in [-0.1, -0.05) is 33.6 Å². The Kier molecular flexibility index (Phi) is 4.79. The number of aromatic nitrogens is 1. The Balaban J connectivity index is 2.08. The third-order valence-electron chi connectivity index (χ3n) is 4.42. The van der Waals surface area contributed by atoms with Crippen molar-refractivity contribution in [2.75, 3.05) is 6.54 Å². The summed E-state index contributed by atoms with van der Waals surface area (Å²) in [5, 5.41) is 7.08. The van der Waals surface area contributed by atoms with Gasteiger partial charge in [0.05, 0.1) is 5.01 Å². The van der Waals surface area contributed by atoms with Crippen molar-refractivity contribution in [2.24, 2.45) is 11.3 Å². The quantitative estimate of drug-likeness (QED) is 0.875. The van der Waals surface area contributed by atoms with Crippen LogP contribution in [0, 0.1) is 11.3 Å². The lowest BCUT2D eigenvalue weighted by molar-refractivity contribution is 0.0987. The molecule has 1 fully saturated rings. The van der Waals surface area contributed by atoms with Gasteiger partial charge in [-0.2, -0.15) is 0 Å². The Bertz CT molecular complexity index is 345. The zero-order chi connectivity index (χ0) is 13.0. The Morgan fingerprint density at radius 2 is 2.33 bits per heavy atom. The van der Waals surface area contributed by atoms with Gasteiger partial charge in [-0.3, -0.25) is 0 Å². The Hall–Kier alpha value is -0.410. The molecule has 0 saturated heterocycles. The van der Waals surface area contributed by atoms with Crippen LogP contribution in [0.2, 0.25) is 0 Å².